The summed E-state index contributed by atoms with van der Waals surface area (Å²) in [6.07, 6.45) is -1.91. The summed E-state index contributed by atoms with van der Waals surface area (Å²) in [4.78, 5) is 41.9. The zero-order chi connectivity index (χ0) is 43.6. The highest BCUT2D eigenvalue weighted by atomic mass is 19.4. The third-order valence-electron chi connectivity index (χ3n) is 12.4. The Balaban J connectivity index is 0.000000185. The van der Waals surface area contributed by atoms with E-state index in [0.717, 1.165) is 105 Å². The van der Waals surface area contributed by atoms with Crippen molar-refractivity contribution in [2.75, 3.05) is 20.2 Å². The smallest absolute Gasteiger partial charge is 0.416 e. The number of halogens is 6. The first kappa shape index (κ1) is 43.9. The summed E-state index contributed by atoms with van der Waals surface area (Å²) < 4.78 is 81.4. The molecule has 1 unspecified atom stereocenters. The van der Waals surface area contributed by atoms with E-state index in [2.05, 4.69) is 39.8 Å². The van der Waals surface area contributed by atoms with Crippen LogP contribution in [0.5, 0.6) is 0 Å². The van der Waals surface area contributed by atoms with Crippen LogP contribution < -0.4 is 10.6 Å². The van der Waals surface area contributed by atoms with Gasteiger partial charge >= 0.3 is 18.3 Å². The topological polar surface area (TPSA) is 91.0 Å². The first-order chi connectivity index (χ1) is 29.0. The number of aryl methyl sites for hydroxylation is 1. The molecule has 0 aromatic heterocycles. The maximum absolute atomic E-state index is 13.1. The zero-order valence-corrected chi connectivity index (χ0v) is 34.2. The van der Waals surface area contributed by atoms with E-state index in [1.165, 1.54) is 36.9 Å². The van der Waals surface area contributed by atoms with Gasteiger partial charge in [0.1, 0.15) is 0 Å². The fourth-order valence-electron chi connectivity index (χ4n) is 8.47. The van der Waals surface area contributed by atoms with Crippen LogP contribution in [0, 0.1) is 6.92 Å². The minimum atomic E-state index is -4.36. The number of amides is 2. The van der Waals surface area contributed by atoms with Crippen LogP contribution in [-0.4, -0.2) is 59.9 Å². The molecular formula is C47H50F6N4O4. The van der Waals surface area contributed by atoms with Gasteiger partial charge in [-0.05, 0) is 130 Å². The highest BCUT2D eigenvalue weighted by Crippen LogP contribution is 2.47. The number of benzene rings is 4. The number of likely N-dealkylation sites (tertiary alicyclic amines) is 2. The predicted molar refractivity (Wildman–Crippen MR) is 217 cm³/mol. The summed E-state index contributed by atoms with van der Waals surface area (Å²) in [5, 5.41) is 6.45. The largest absolute Gasteiger partial charge is 0.465 e. The van der Waals surface area contributed by atoms with Crippen molar-refractivity contribution in [1.82, 2.24) is 20.4 Å². The molecule has 2 saturated heterocycles. The van der Waals surface area contributed by atoms with E-state index >= 15 is 0 Å². The predicted octanol–water partition coefficient (Wildman–Crippen LogP) is 9.05. The minimum absolute atomic E-state index is 0.0208. The van der Waals surface area contributed by atoms with E-state index in [0.29, 0.717) is 25.1 Å². The lowest BCUT2D eigenvalue weighted by Gasteiger charge is -2.27. The van der Waals surface area contributed by atoms with Gasteiger partial charge in [-0.2, -0.15) is 26.3 Å². The van der Waals surface area contributed by atoms with Gasteiger partial charge in [-0.1, -0.05) is 66.2 Å². The quantitative estimate of drug-likeness (QED) is 0.116. The number of esters is 1. The number of hydrogen-bond acceptors (Lipinski definition) is 6. The standard InChI is InChI=1S/C24H25F3N2O3.C23H25F3N2O/c1-32-22(31)17-6-10-18(11-7-17)23(12-13-23)28-21(30)20-3-2-14-29(20)15-16-4-8-19(9-5-16)24(25,26)27;1-16-4-8-18(9-5-16)22(12-13-22)27-21(29)20-3-2-14-28(20)15-17-6-10-19(11-7-17)23(24,25)26/h4-11,20H,2-3,12-15H2,1H3,(H,28,30);4-11,20H,2-3,12-15H2,1H3,(H,27,29)/t;20-/m.1/s1. The van der Waals surface area contributed by atoms with E-state index < -0.39 is 35.0 Å². The van der Waals surface area contributed by atoms with Crippen molar-refractivity contribution >= 4 is 17.8 Å². The van der Waals surface area contributed by atoms with Gasteiger partial charge in [-0.15, -0.1) is 0 Å². The van der Waals surface area contributed by atoms with E-state index in [4.69, 9.17) is 4.74 Å². The molecule has 2 atom stereocenters. The number of carbonyl (C=O) groups is 3. The minimum Gasteiger partial charge on any atom is -0.465 e. The Hall–Kier alpha value is -5.21. The lowest BCUT2D eigenvalue weighted by molar-refractivity contribution is -0.138. The summed E-state index contributed by atoms with van der Waals surface area (Å²) in [6, 6.07) is 25.1. The van der Waals surface area contributed by atoms with Gasteiger partial charge in [0.2, 0.25) is 11.8 Å². The molecule has 61 heavy (non-hydrogen) atoms. The van der Waals surface area contributed by atoms with Crippen molar-refractivity contribution in [3.05, 3.63) is 142 Å². The highest BCUT2D eigenvalue weighted by Gasteiger charge is 2.48. The molecule has 2 N–H and O–H groups in total. The molecule has 14 heteroatoms. The van der Waals surface area contributed by atoms with Crippen LogP contribution in [0.1, 0.15) is 101 Å². The van der Waals surface area contributed by atoms with Gasteiger partial charge in [0.25, 0.3) is 0 Å². The molecule has 4 fully saturated rings. The Morgan fingerprint density at radius 1 is 0.607 bits per heavy atom. The van der Waals surface area contributed by atoms with Crippen molar-refractivity contribution in [2.45, 2.75) is 107 Å². The second kappa shape index (κ2) is 17.6. The molecule has 4 aromatic rings. The third-order valence-corrected chi connectivity index (χ3v) is 12.4. The first-order valence-corrected chi connectivity index (χ1v) is 20.7. The second-order valence-electron chi connectivity index (χ2n) is 16.7. The van der Waals surface area contributed by atoms with E-state index in [1.807, 2.05) is 24.0 Å². The van der Waals surface area contributed by atoms with E-state index in [9.17, 15) is 40.7 Å². The number of methoxy groups -OCH3 is 1. The first-order valence-electron chi connectivity index (χ1n) is 20.7. The Bertz CT molecular complexity index is 2170. The maximum atomic E-state index is 13.1. The van der Waals surface area contributed by atoms with Crippen LogP contribution in [0.4, 0.5) is 26.3 Å². The van der Waals surface area contributed by atoms with Crippen molar-refractivity contribution in [2.24, 2.45) is 0 Å². The van der Waals surface area contributed by atoms with E-state index in [1.54, 1.807) is 12.1 Å². The van der Waals surface area contributed by atoms with Gasteiger partial charge in [-0.3, -0.25) is 19.4 Å². The Kier molecular flexibility index (Phi) is 12.7. The lowest BCUT2D eigenvalue weighted by atomic mass is 10.0. The summed E-state index contributed by atoms with van der Waals surface area (Å²) in [6.45, 7) is 4.45. The van der Waals surface area contributed by atoms with Crippen molar-refractivity contribution in [3.63, 3.8) is 0 Å². The fraction of sp³-hybridized carbons (Fsp3) is 0.426. The number of ether oxygens (including phenoxy) is 1. The molecule has 4 aliphatic rings. The molecule has 2 aliphatic carbocycles. The van der Waals surface area contributed by atoms with Gasteiger partial charge in [0.15, 0.2) is 0 Å². The Morgan fingerprint density at radius 2 is 0.984 bits per heavy atom. The molecule has 2 heterocycles. The van der Waals surface area contributed by atoms with Gasteiger partial charge in [0.05, 0.1) is 47.0 Å². The number of nitrogens with zero attached hydrogens (tertiary/aromatic N) is 2. The van der Waals surface area contributed by atoms with Crippen LogP contribution in [0.2, 0.25) is 0 Å². The monoisotopic (exact) mass is 848 g/mol. The molecule has 8 rings (SSSR count). The highest BCUT2D eigenvalue weighted by molar-refractivity contribution is 5.89. The van der Waals surface area contributed by atoms with Crippen LogP contribution >= 0.6 is 0 Å². The van der Waals surface area contributed by atoms with Crippen molar-refractivity contribution in [3.8, 4) is 0 Å². The summed E-state index contributed by atoms with van der Waals surface area (Å²) in [5.74, 6) is -0.452. The molecule has 0 spiro atoms. The van der Waals surface area contributed by atoms with Crippen LogP contribution in [-0.2, 0) is 50.8 Å². The SMILES string of the molecule is COC(=O)c1ccc(C2(NC(=O)C3CCCN3Cc3ccc(C(F)(F)F)cc3)CC2)cc1.Cc1ccc(C2(NC(=O)[C@H]3CCCN3Cc3ccc(C(F)(F)F)cc3)CC2)cc1. The number of alkyl halides is 6. The van der Waals surface area contributed by atoms with Crippen molar-refractivity contribution in [1.29, 1.82) is 0 Å². The number of carbonyl (C=O) groups excluding carboxylic acids is 3. The fourth-order valence-corrected chi connectivity index (χ4v) is 8.47. The van der Waals surface area contributed by atoms with Crippen LogP contribution in [0.25, 0.3) is 0 Å². The Morgan fingerprint density at radius 3 is 1.33 bits per heavy atom. The lowest BCUT2D eigenvalue weighted by Crippen LogP contribution is -2.46. The molecule has 2 aliphatic heterocycles. The molecule has 2 saturated carbocycles. The number of rotatable bonds is 11. The number of hydrogen-bond donors (Lipinski definition) is 2. The maximum Gasteiger partial charge on any atom is 0.416 e. The molecule has 4 aromatic carbocycles. The van der Waals surface area contributed by atoms with Gasteiger partial charge in [0, 0.05) is 13.1 Å². The third kappa shape index (κ3) is 10.5. The van der Waals surface area contributed by atoms with Gasteiger partial charge < -0.3 is 15.4 Å². The molecule has 8 nitrogen and oxygen atoms in total. The molecule has 0 bridgehead atoms. The summed E-state index contributed by atoms with van der Waals surface area (Å²) in [5.41, 5.74) is 3.27. The average molecular weight is 849 g/mol. The average Bonchev–Trinajstić information content (AvgIpc) is 4.09. The Labute approximate surface area is 351 Å². The molecule has 2 amide bonds. The van der Waals surface area contributed by atoms with E-state index in [-0.39, 0.29) is 29.4 Å². The van der Waals surface area contributed by atoms with Gasteiger partial charge in [-0.25, -0.2) is 4.79 Å². The normalized spacial score (nSPS) is 20.6. The van der Waals surface area contributed by atoms with Crippen molar-refractivity contribution < 1.29 is 45.5 Å². The van der Waals surface area contributed by atoms with Crippen LogP contribution in [0.3, 0.4) is 0 Å². The molecular weight excluding hydrogens is 799 g/mol. The molecule has 0 radical (unpaired) electrons. The zero-order valence-electron chi connectivity index (χ0n) is 34.2. The molecule has 324 valence electrons. The number of nitrogens with one attached hydrogen (secondary N) is 2. The second-order valence-corrected chi connectivity index (χ2v) is 16.7. The summed E-state index contributed by atoms with van der Waals surface area (Å²) in [7, 11) is 1.33. The summed E-state index contributed by atoms with van der Waals surface area (Å²) >= 11 is 0. The van der Waals surface area contributed by atoms with Crippen LogP contribution in [0.15, 0.2) is 97.1 Å².